The Hall–Kier alpha value is -3.43. The lowest BCUT2D eigenvalue weighted by molar-refractivity contribution is -0.136. The summed E-state index contributed by atoms with van der Waals surface area (Å²) in [7, 11) is 0. The summed E-state index contributed by atoms with van der Waals surface area (Å²) in [5.41, 5.74) is 1.83. The standard InChI is InChI=1S/C24H28N4O5/c29-22(28-12-14-33-15-13-28)17-26-8-10-27(11-9-26)21-7-6-19(24(31)32)16-20(21)25-23(30)18-4-2-1-3-5-18/h1-7,16H,8-15,17H2,(H,25,30)(H,31,32). The topological polar surface area (TPSA) is 102 Å². The molecule has 2 fully saturated rings. The predicted molar refractivity (Wildman–Crippen MR) is 124 cm³/mol. The SMILES string of the molecule is O=C(O)c1ccc(N2CCN(CC(=O)N3CCOCC3)CC2)c(NC(=O)c2ccccc2)c1. The van der Waals surface area contributed by atoms with Crippen molar-refractivity contribution in [2.45, 2.75) is 0 Å². The van der Waals surface area contributed by atoms with Crippen LogP contribution in [0.2, 0.25) is 0 Å². The number of morpholine rings is 1. The molecular formula is C24H28N4O5. The molecule has 0 bridgehead atoms. The number of hydrogen-bond donors (Lipinski definition) is 2. The van der Waals surface area contributed by atoms with Gasteiger partial charge in [0.1, 0.15) is 0 Å². The quantitative estimate of drug-likeness (QED) is 0.687. The molecule has 4 rings (SSSR count). The minimum absolute atomic E-state index is 0.108. The molecule has 2 aromatic carbocycles. The van der Waals surface area contributed by atoms with Crippen LogP contribution in [0.4, 0.5) is 11.4 Å². The first-order chi connectivity index (χ1) is 16.0. The number of anilines is 2. The van der Waals surface area contributed by atoms with Gasteiger partial charge in [0.25, 0.3) is 5.91 Å². The van der Waals surface area contributed by atoms with Crippen LogP contribution in [-0.2, 0) is 9.53 Å². The number of piperazine rings is 1. The molecule has 33 heavy (non-hydrogen) atoms. The molecule has 2 aliphatic rings. The molecule has 0 unspecified atom stereocenters. The van der Waals surface area contributed by atoms with Gasteiger partial charge < -0.3 is 25.0 Å². The van der Waals surface area contributed by atoms with Gasteiger partial charge in [0.15, 0.2) is 0 Å². The van der Waals surface area contributed by atoms with Crippen LogP contribution < -0.4 is 10.2 Å². The van der Waals surface area contributed by atoms with Gasteiger partial charge >= 0.3 is 5.97 Å². The van der Waals surface area contributed by atoms with Crippen LogP contribution in [0.5, 0.6) is 0 Å². The first-order valence-electron chi connectivity index (χ1n) is 11.1. The van der Waals surface area contributed by atoms with E-state index in [2.05, 4.69) is 15.1 Å². The van der Waals surface area contributed by atoms with Gasteiger partial charge in [-0.3, -0.25) is 14.5 Å². The lowest BCUT2D eigenvalue weighted by Crippen LogP contribution is -2.51. The molecule has 9 nitrogen and oxygen atoms in total. The molecule has 2 amide bonds. The number of nitrogens with zero attached hydrogens (tertiary/aromatic N) is 3. The maximum Gasteiger partial charge on any atom is 0.335 e. The maximum absolute atomic E-state index is 12.7. The smallest absolute Gasteiger partial charge is 0.335 e. The van der Waals surface area contributed by atoms with Crippen molar-refractivity contribution in [3.63, 3.8) is 0 Å². The number of amides is 2. The van der Waals surface area contributed by atoms with Crippen molar-refractivity contribution in [1.29, 1.82) is 0 Å². The highest BCUT2D eigenvalue weighted by molar-refractivity contribution is 6.06. The molecule has 2 aliphatic heterocycles. The lowest BCUT2D eigenvalue weighted by atomic mass is 10.1. The number of carbonyl (C=O) groups excluding carboxylic acids is 2. The summed E-state index contributed by atoms with van der Waals surface area (Å²) in [5.74, 6) is -1.23. The number of nitrogens with one attached hydrogen (secondary N) is 1. The summed E-state index contributed by atoms with van der Waals surface area (Å²) >= 11 is 0. The van der Waals surface area contributed by atoms with Gasteiger partial charge in [0.05, 0.1) is 36.7 Å². The average molecular weight is 453 g/mol. The Kier molecular flexibility index (Phi) is 7.21. The van der Waals surface area contributed by atoms with E-state index < -0.39 is 5.97 Å². The number of carboxylic acid groups (broad SMARTS) is 1. The molecule has 2 heterocycles. The minimum Gasteiger partial charge on any atom is -0.478 e. The second-order valence-corrected chi connectivity index (χ2v) is 8.11. The van der Waals surface area contributed by atoms with E-state index in [1.807, 2.05) is 11.0 Å². The molecule has 0 aromatic heterocycles. The van der Waals surface area contributed by atoms with E-state index in [1.165, 1.54) is 6.07 Å². The first kappa shape index (κ1) is 22.8. The third kappa shape index (κ3) is 5.68. The van der Waals surface area contributed by atoms with Crippen molar-refractivity contribution >= 4 is 29.2 Å². The molecule has 2 saturated heterocycles. The zero-order chi connectivity index (χ0) is 23.2. The highest BCUT2D eigenvalue weighted by atomic mass is 16.5. The van der Waals surface area contributed by atoms with Gasteiger partial charge in [-0.05, 0) is 30.3 Å². The van der Waals surface area contributed by atoms with Crippen LogP contribution in [-0.4, -0.2) is 91.7 Å². The summed E-state index contributed by atoms with van der Waals surface area (Å²) in [6.07, 6.45) is 0. The van der Waals surface area contributed by atoms with Crippen LogP contribution in [0.1, 0.15) is 20.7 Å². The zero-order valence-corrected chi connectivity index (χ0v) is 18.4. The summed E-state index contributed by atoms with van der Waals surface area (Å²) in [6, 6.07) is 13.6. The number of ether oxygens (including phenoxy) is 1. The van der Waals surface area contributed by atoms with E-state index in [1.54, 1.807) is 36.4 Å². The minimum atomic E-state index is -1.05. The fraction of sp³-hybridized carbons (Fsp3) is 0.375. The van der Waals surface area contributed by atoms with Gasteiger partial charge in [-0.2, -0.15) is 0 Å². The fourth-order valence-electron chi connectivity index (χ4n) is 4.08. The molecule has 0 atom stereocenters. The first-order valence-corrected chi connectivity index (χ1v) is 11.1. The van der Waals surface area contributed by atoms with Crippen molar-refractivity contribution < 1.29 is 24.2 Å². The Morgan fingerprint density at radius 1 is 0.879 bits per heavy atom. The van der Waals surface area contributed by atoms with Crippen LogP contribution in [0.15, 0.2) is 48.5 Å². The molecule has 0 spiro atoms. The molecule has 9 heteroatoms. The number of hydrogen-bond acceptors (Lipinski definition) is 6. The summed E-state index contributed by atoms with van der Waals surface area (Å²) in [4.78, 5) is 42.8. The summed E-state index contributed by atoms with van der Waals surface area (Å²) in [6.45, 7) is 5.55. The van der Waals surface area contributed by atoms with Crippen LogP contribution in [0.25, 0.3) is 0 Å². The average Bonchev–Trinajstić information content (AvgIpc) is 2.85. The van der Waals surface area contributed by atoms with Crippen LogP contribution in [0, 0.1) is 0 Å². The van der Waals surface area contributed by atoms with E-state index in [-0.39, 0.29) is 17.4 Å². The van der Waals surface area contributed by atoms with Crippen LogP contribution in [0.3, 0.4) is 0 Å². The van der Waals surface area contributed by atoms with Gasteiger partial charge in [0.2, 0.25) is 5.91 Å². The van der Waals surface area contributed by atoms with E-state index in [9.17, 15) is 19.5 Å². The highest BCUT2D eigenvalue weighted by Crippen LogP contribution is 2.29. The number of aromatic carboxylic acids is 1. The molecule has 174 valence electrons. The molecule has 2 N–H and O–H groups in total. The van der Waals surface area contributed by atoms with Gasteiger partial charge in [-0.15, -0.1) is 0 Å². The normalized spacial score (nSPS) is 17.0. The third-order valence-electron chi connectivity index (χ3n) is 5.96. The number of benzene rings is 2. The van der Waals surface area contributed by atoms with E-state index in [0.717, 1.165) is 5.69 Å². The van der Waals surface area contributed by atoms with Crippen molar-refractivity contribution in [2.75, 3.05) is 69.2 Å². The Morgan fingerprint density at radius 2 is 1.58 bits per heavy atom. The second-order valence-electron chi connectivity index (χ2n) is 8.11. The zero-order valence-electron chi connectivity index (χ0n) is 18.4. The van der Waals surface area contributed by atoms with Crippen molar-refractivity contribution in [3.05, 3.63) is 59.7 Å². The molecule has 0 saturated carbocycles. The predicted octanol–water partition coefficient (Wildman–Crippen LogP) is 1.62. The maximum atomic E-state index is 12.7. The lowest BCUT2D eigenvalue weighted by Gasteiger charge is -2.37. The van der Waals surface area contributed by atoms with Crippen molar-refractivity contribution in [3.8, 4) is 0 Å². The highest BCUT2D eigenvalue weighted by Gasteiger charge is 2.25. The molecule has 0 radical (unpaired) electrons. The van der Waals surface area contributed by atoms with Gasteiger partial charge in [-0.25, -0.2) is 4.79 Å². The number of carbonyl (C=O) groups is 3. The second kappa shape index (κ2) is 10.5. The monoisotopic (exact) mass is 452 g/mol. The van der Waals surface area contributed by atoms with Crippen molar-refractivity contribution in [1.82, 2.24) is 9.80 Å². The number of rotatable bonds is 6. The van der Waals surface area contributed by atoms with Crippen molar-refractivity contribution in [2.24, 2.45) is 0 Å². The van der Waals surface area contributed by atoms with E-state index in [4.69, 9.17) is 4.74 Å². The summed E-state index contributed by atoms with van der Waals surface area (Å²) < 4.78 is 5.31. The third-order valence-corrected chi connectivity index (χ3v) is 5.96. The van der Waals surface area contributed by atoms with Crippen LogP contribution >= 0.6 is 0 Å². The summed E-state index contributed by atoms with van der Waals surface area (Å²) in [5, 5.41) is 12.3. The molecule has 0 aliphatic carbocycles. The Bertz CT molecular complexity index is 999. The van der Waals surface area contributed by atoms with E-state index in [0.29, 0.717) is 70.3 Å². The van der Waals surface area contributed by atoms with Gasteiger partial charge in [-0.1, -0.05) is 18.2 Å². The fourth-order valence-corrected chi connectivity index (χ4v) is 4.08. The van der Waals surface area contributed by atoms with Gasteiger partial charge in [0, 0.05) is 44.8 Å². The Balaban J connectivity index is 1.43. The Morgan fingerprint density at radius 3 is 2.24 bits per heavy atom. The molecule has 2 aromatic rings. The molecular weight excluding hydrogens is 424 g/mol. The largest absolute Gasteiger partial charge is 0.478 e. The van der Waals surface area contributed by atoms with E-state index >= 15 is 0 Å². The number of carboxylic acids is 1. The Labute approximate surface area is 192 Å².